The van der Waals surface area contributed by atoms with E-state index in [1.54, 1.807) is 35.2 Å². The third-order valence-corrected chi connectivity index (χ3v) is 5.87. The summed E-state index contributed by atoms with van der Waals surface area (Å²) in [6.07, 6.45) is 1.03. The van der Waals surface area contributed by atoms with Crippen molar-refractivity contribution in [3.8, 4) is 11.3 Å². The van der Waals surface area contributed by atoms with Crippen LogP contribution in [0.2, 0.25) is 0 Å². The molecule has 2 saturated heterocycles. The zero-order valence-electron chi connectivity index (χ0n) is 15.4. The van der Waals surface area contributed by atoms with Gasteiger partial charge in [0.15, 0.2) is 0 Å². The van der Waals surface area contributed by atoms with E-state index in [0.717, 1.165) is 0 Å². The van der Waals surface area contributed by atoms with Crippen molar-refractivity contribution >= 4 is 11.9 Å². The molecule has 28 heavy (non-hydrogen) atoms. The van der Waals surface area contributed by atoms with Crippen LogP contribution in [0, 0.1) is 17.2 Å². The van der Waals surface area contributed by atoms with Gasteiger partial charge in [-0.1, -0.05) is 12.1 Å². The van der Waals surface area contributed by atoms with Crippen LogP contribution in [-0.2, 0) is 20.7 Å². The molecule has 2 aromatic rings. The van der Waals surface area contributed by atoms with Crippen LogP contribution >= 0.6 is 0 Å². The van der Waals surface area contributed by atoms with Crippen LogP contribution in [0.3, 0.4) is 0 Å². The van der Waals surface area contributed by atoms with Crippen molar-refractivity contribution in [3.05, 3.63) is 48.0 Å². The number of carbonyl (C=O) groups excluding carboxylic acids is 1. The van der Waals surface area contributed by atoms with Crippen LogP contribution in [0.15, 0.2) is 40.8 Å². The number of carboxylic acids is 1. The second-order valence-electron chi connectivity index (χ2n) is 7.50. The monoisotopic (exact) mass is 387 g/mol. The summed E-state index contributed by atoms with van der Waals surface area (Å²) in [6.45, 7) is 1.42. The number of ether oxygens (including phenoxy) is 1. The van der Waals surface area contributed by atoms with Gasteiger partial charge in [-0.15, -0.1) is 0 Å². The molecule has 4 rings (SSSR count). The van der Waals surface area contributed by atoms with Crippen molar-refractivity contribution in [2.45, 2.75) is 19.3 Å². The fourth-order valence-corrected chi connectivity index (χ4v) is 4.20. The smallest absolute Gasteiger partial charge is 0.311 e. The van der Waals surface area contributed by atoms with Crippen LogP contribution < -0.4 is 0 Å². The molecule has 3 heterocycles. The molecule has 0 radical (unpaired) electrons. The summed E-state index contributed by atoms with van der Waals surface area (Å²) in [7, 11) is 0. The number of furan rings is 1. The number of hydrogen-bond donors (Lipinski definition) is 1. The number of hydrogen-bond acceptors (Lipinski definition) is 4. The number of halogens is 1. The molecular formula is C21H22FNO5. The van der Waals surface area contributed by atoms with Crippen LogP contribution in [0.4, 0.5) is 4.39 Å². The summed E-state index contributed by atoms with van der Waals surface area (Å²) in [4.78, 5) is 26.1. The van der Waals surface area contributed by atoms with Gasteiger partial charge in [-0.25, -0.2) is 4.39 Å². The Kier molecular flexibility index (Phi) is 4.93. The molecule has 0 saturated carbocycles. The number of benzene rings is 1. The van der Waals surface area contributed by atoms with Crippen molar-refractivity contribution in [3.63, 3.8) is 0 Å². The van der Waals surface area contributed by atoms with Gasteiger partial charge < -0.3 is 19.2 Å². The van der Waals surface area contributed by atoms with Gasteiger partial charge in [0.05, 0.1) is 17.6 Å². The second kappa shape index (κ2) is 7.39. The van der Waals surface area contributed by atoms with Crippen molar-refractivity contribution in [1.82, 2.24) is 4.90 Å². The summed E-state index contributed by atoms with van der Waals surface area (Å²) in [6, 6.07) is 9.80. The van der Waals surface area contributed by atoms with Gasteiger partial charge in [0, 0.05) is 38.5 Å². The van der Waals surface area contributed by atoms with Gasteiger partial charge in [0.2, 0.25) is 5.91 Å². The van der Waals surface area contributed by atoms with Gasteiger partial charge >= 0.3 is 5.97 Å². The molecule has 6 nitrogen and oxygen atoms in total. The van der Waals surface area contributed by atoms with Crippen molar-refractivity contribution in [1.29, 1.82) is 0 Å². The molecule has 1 aromatic heterocycles. The summed E-state index contributed by atoms with van der Waals surface area (Å²) in [5.74, 6) is -0.455. The minimum absolute atomic E-state index is 0.0983. The highest BCUT2D eigenvalue weighted by atomic mass is 19.1. The highest BCUT2D eigenvalue weighted by Crippen LogP contribution is 2.42. The third-order valence-electron chi connectivity index (χ3n) is 5.87. The zero-order valence-corrected chi connectivity index (χ0v) is 15.4. The molecule has 1 N–H and O–H groups in total. The number of rotatable bonds is 5. The Hall–Kier alpha value is -2.67. The molecule has 2 atom stereocenters. The fourth-order valence-electron chi connectivity index (χ4n) is 4.20. The molecule has 2 aliphatic heterocycles. The maximum Gasteiger partial charge on any atom is 0.311 e. The predicted molar refractivity (Wildman–Crippen MR) is 98.0 cm³/mol. The Balaban J connectivity index is 1.39. The Morgan fingerprint density at radius 3 is 2.82 bits per heavy atom. The van der Waals surface area contributed by atoms with Gasteiger partial charge in [-0.2, -0.15) is 0 Å². The van der Waals surface area contributed by atoms with E-state index < -0.39 is 11.4 Å². The SMILES string of the molecule is O=C(CCc1ccc(-c2ccccc2F)o1)N1C[C@H]2COCC[C@@]2(C(=O)O)C1. The normalized spacial score (nSPS) is 24.2. The van der Waals surface area contributed by atoms with Crippen LogP contribution in [0.5, 0.6) is 0 Å². The molecular weight excluding hydrogens is 365 g/mol. The lowest BCUT2D eigenvalue weighted by molar-refractivity contribution is -0.157. The Labute approximate surface area is 161 Å². The Bertz CT molecular complexity index is 894. The number of fused-ring (bicyclic) bond motifs is 1. The van der Waals surface area contributed by atoms with E-state index in [9.17, 15) is 19.1 Å². The number of nitrogens with zero attached hydrogens (tertiary/aromatic N) is 1. The maximum absolute atomic E-state index is 13.9. The topological polar surface area (TPSA) is 80.0 Å². The summed E-state index contributed by atoms with van der Waals surface area (Å²) in [5, 5.41) is 9.70. The molecule has 1 amide bonds. The average molecular weight is 387 g/mol. The Morgan fingerprint density at radius 2 is 2.07 bits per heavy atom. The van der Waals surface area contributed by atoms with E-state index in [1.165, 1.54) is 6.07 Å². The van der Waals surface area contributed by atoms with Crippen molar-refractivity contribution in [2.24, 2.45) is 11.3 Å². The van der Waals surface area contributed by atoms with E-state index in [2.05, 4.69) is 0 Å². The number of carboxylic acid groups (broad SMARTS) is 1. The molecule has 0 aliphatic carbocycles. The molecule has 2 fully saturated rings. The molecule has 148 valence electrons. The lowest BCUT2D eigenvalue weighted by Crippen LogP contribution is -2.45. The molecule has 0 unspecified atom stereocenters. The molecule has 1 aromatic carbocycles. The highest BCUT2D eigenvalue weighted by molar-refractivity contribution is 5.81. The number of aryl methyl sites for hydroxylation is 1. The lowest BCUT2D eigenvalue weighted by Gasteiger charge is -2.33. The van der Waals surface area contributed by atoms with E-state index in [1.807, 2.05) is 0 Å². The summed E-state index contributed by atoms with van der Waals surface area (Å²) < 4.78 is 25.0. The van der Waals surface area contributed by atoms with Crippen LogP contribution in [-0.4, -0.2) is 48.2 Å². The van der Waals surface area contributed by atoms with E-state index in [0.29, 0.717) is 49.7 Å². The number of likely N-dealkylation sites (tertiary alicyclic amines) is 1. The van der Waals surface area contributed by atoms with E-state index in [4.69, 9.17) is 9.15 Å². The number of amides is 1. The third kappa shape index (κ3) is 3.30. The number of aliphatic carboxylic acids is 1. The van der Waals surface area contributed by atoms with Crippen LogP contribution in [0.25, 0.3) is 11.3 Å². The van der Waals surface area contributed by atoms with Crippen LogP contribution in [0.1, 0.15) is 18.6 Å². The molecule has 0 bridgehead atoms. The zero-order chi connectivity index (χ0) is 19.7. The first kappa shape index (κ1) is 18.7. The molecule has 0 spiro atoms. The second-order valence-corrected chi connectivity index (χ2v) is 7.50. The van der Waals surface area contributed by atoms with E-state index in [-0.39, 0.29) is 30.6 Å². The quantitative estimate of drug-likeness (QED) is 0.853. The molecule has 7 heteroatoms. The summed E-state index contributed by atoms with van der Waals surface area (Å²) >= 11 is 0. The van der Waals surface area contributed by atoms with E-state index >= 15 is 0 Å². The van der Waals surface area contributed by atoms with Crippen molar-refractivity contribution in [2.75, 3.05) is 26.3 Å². The number of carbonyl (C=O) groups is 2. The van der Waals surface area contributed by atoms with Gasteiger partial charge in [-0.3, -0.25) is 9.59 Å². The maximum atomic E-state index is 13.9. The predicted octanol–water partition coefficient (Wildman–Crippen LogP) is 2.97. The fraction of sp³-hybridized carbons (Fsp3) is 0.429. The average Bonchev–Trinajstić information content (AvgIpc) is 3.32. The first-order chi connectivity index (χ1) is 13.5. The largest absolute Gasteiger partial charge is 0.481 e. The highest BCUT2D eigenvalue weighted by Gasteiger charge is 2.54. The minimum atomic E-state index is -0.892. The lowest BCUT2D eigenvalue weighted by atomic mass is 9.74. The standard InChI is InChI=1S/C21H22FNO5/c22-17-4-2-1-3-16(17)18-7-5-15(28-18)6-8-19(24)23-11-14-12-27-10-9-21(14,13-23)20(25)26/h1-5,7,14H,6,8-13H2,(H,25,26)/t14-,21+/m0/s1. The van der Waals surface area contributed by atoms with Gasteiger partial charge in [0.1, 0.15) is 17.3 Å². The van der Waals surface area contributed by atoms with Gasteiger partial charge in [-0.05, 0) is 30.7 Å². The first-order valence-corrected chi connectivity index (χ1v) is 9.42. The molecule has 2 aliphatic rings. The summed E-state index contributed by atoms with van der Waals surface area (Å²) in [5.41, 5.74) is -0.511. The first-order valence-electron chi connectivity index (χ1n) is 9.42. The minimum Gasteiger partial charge on any atom is -0.481 e. The van der Waals surface area contributed by atoms with Crippen molar-refractivity contribution < 1.29 is 28.2 Å². The van der Waals surface area contributed by atoms with Gasteiger partial charge in [0.25, 0.3) is 0 Å². The Morgan fingerprint density at radius 1 is 1.25 bits per heavy atom.